The Morgan fingerprint density at radius 1 is 0.667 bits per heavy atom. The highest BCUT2D eigenvalue weighted by Gasteiger charge is 2.54. The van der Waals surface area contributed by atoms with Gasteiger partial charge in [-0.15, -0.1) is 0 Å². The fraction of sp³-hybridized carbons (Fsp3) is 1.00. The molecule has 1 saturated carbocycles. The molecule has 0 aromatic carbocycles. The minimum absolute atomic E-state index is 0.000239. The minimum atomic E-state index is -2.27. The second-order valence-corrected chi connectivity index (χ2v) is 31.0. The zero-order chi connectivity index (χ0) is 30.2. The molecular formula is C30H64O6Si3. The van der Waals surface area contributed by atoms with Gasteiger partial charge < -0.3 is 27.9 Å². The normalized spacial score (nSPS) is 29.1. The Morgan fingerprint density at radius 2 is 1.10 bits per heavy atom. The summed E-state index contributed by atoms with van der Waals surface area (Å²) in [6, 6.07) is 0. The molecule has 1 aliphatic carbocycles. The molecule has 0 aromatic heterocycles. The monoisotopic (exact) mass is 604 g/mol. The van der Waals surface area contributed by atoms with Crippen molar-refractivity contribution in [3.05, 3.63) is 0 Å². The molecule has 5 atom stereocenters. The van der Waals surface area contributed by atoms with Gasteiger partial charge in [-0.3, -0.25) is 0 Å². The summed E-state index contributed by atoms with van der Waals surface area (Å²) in [4.78, 5) is 0. The van der Waals surface area contributed by atoms with E-state index in [1.54, 1.807) is 0 Å². The second-order valence-electron chi connectivity index (χ2n) is 16.7. The summed E-state index contributed by atoms with van der Waals surface area (Å²) in [5, 5.41) is 11.9. The van der Waals surface area contributed by atoms with Crippen molar-refractivity contribution in [3.63, 3.8) is 0 Å². The van der Waals surface area contributed by atoms with Crippen molar-refractivity contribution in [2.24, 2.45) is 0 Å². The lowest BCUT2D eigenvalue weighted by atomic mass is 9.96. The molecule has 2 aliphatic rings. The highest BCUT2D eigenvalue weighted by Crippen LogP contribution is 2.44. The van der Waals surface area contributed by atoms with Crippen LogP contribution in [0.2, 0.25) is 54.4 Å². The van der Waals surface area contributed by atoms with E-state index in [0.717, 1.165) is 25.7 Å². The molecule has 0 radical (unpaired) electrons. The third-order valence-corrected chi connectivity index (χ3v) is 23.8. The van der Waals surface area contributed by atoms with E-state index in [9.17, 15) is 5.11 Å². The molecule has 1 saturated heterocycles. The third-order valence-electron chi connectivity index (χ3n) is 10.4. The SMILES string of the molecule is CC(C)(C)[Si](C)(C)OC[C@H]1O[C@@H](OC2CCCCC2)[C@H](O)[C@@H](O[Si](C)(C)C(C)(C)C)[C@@H]1O[Si](C)(C)C(C)(C)C. The standard InChI is InChI=1S/C30H64O6Si3/c1-28(2,3)37(10,11)32-21-23-25(35-38(12,13)29(4,5)6)26(36-39(14,15)30(7,8)9)24(31)27(34-23)33-22-19-17-16-18-20-22/h22-27,31H,16-21H2,1-15H3/t23-,24-,25-,26-,27-/m1/s1. The zero-order valence-corrected chi connectivity index (χ0v) is 31.2. The van der Waals surface area contributed by atoms with E-state index in [0.29, 0.717) is 6.61 Å². The largest absolute Gasteiger partial charge is 0.414 e. The number of aliphatic hydroxyl groups excluding tert-OH is 1. The number of aliphatic hydroxyl groups is 1. The molecule has 0 bridgehead atoms. The second kappa shape index (κ2) is 12.6. The maximum absolute atomic E-state index is 11.9. The quantitative estimate of drug-likeness (QED) is 0.268. The Hall–Kier alpha value is 0.411. The highest BCUT2D eigenvalue weighted by molar-refractivity contribution is 6.75. The summed E-state index contributed by atoms with van der Waals surface area (Å²) < 4.78 is 34.1. The average molecular weight is 605 g/mol. The first-order chi connectivity index (χ1) is 17.4. The molecule has 0 spiro atoms. The van der Waals surface area contributed by atoms with Crippen molar-refractivity contribution < 1.29 is 27.9 Å². The molecule has 6 nitrogen and oxygen atoms in total. The van der Waals surface area contributed by atoms with Gasteiger partial charge in [0.2, 0.25) is 0 Å². The molecule has 232 valence electrons. The van der Waals surface area contributed by atoms with Crippen molar-refractivity contribution in [2.75, 3.05) is 6.61 Å². The van der Waals surface area contributed by atoms with Gasteiger partial charge in [0, 0.05) is 0 Å². The lowest BCUT2D eigenvalue weighted by molar-refractivity contribution is -0.307. The predicted octanol–water partition coefficient (Wildman–Crippen LogP) is 8.22. The van der Waals surface area contributed by atoms with Gasteiger partial charge in [0.05, 0.1) is 12.7 Å². The topological polar surface area (TPSA) is 66.4 Å². The van der Waals surface area contributed by atoms with Crippen LogP contribution in [0.15, 0.2) is 0 Å². The number of rotatable bonds is 9. The van der Waals surface area contributed by atoms with Gasteiger partial charge in [-0.05, 0) is 67.2 Å². The van der Waals surface area contributed by atoms with Gasteiger partial charge in [0.25, 0.3) is 0 Å². The van der Waals surface area contributed by atoms with Crippen LogP contribution in [0, 0.1) is 0 Å². The summed E-state index contributed by atoms with van der Waals surface area (Å²) in [6.07, 6.45) is 2.63. The molecule has 9 heteroatoms. The van der Waals surface area contributed by atoms with Gasteiger partial charge in [-0.1, -0.05) is 81.6 Å². The predicted molar refractivity (Wildman–Crippen MR) is 170 cm³/mol. The van der Waals surface area contributed by atoms with E-state index in [4.69, 9.17) is 22.8 Å². The van der Waals surface area contributed by atoms with Crippen LogP contribution in [0.5, 0.6) is 0 Å². The Bertz CT molecular complexity index is 775. The minimum Gasteiger partial charge on any atom is -0.414 e. The third kappa shape index (κ3) is 8.95. The van der Waals surface area contributed by atoms with Crippen LogP contribution in [-0.2, 0) is 22.8 Å². The van der Waals surface area contributed by atoms with E-state index in [1.165, 1.54) is 6.42 Å². The van der Waals surface area contributed by atoms with Crippen LogP contribution in [0.4, 0.5) is 0 Å². The smallest absolute Gasteiger partial charge is 0.192 e. The van der Waals surface area contributed by atoms with Crippen LogP contribution < -0.4 is 0 Å². The van der Waals surface area contributed by atoms with E-state index in [1.807, 2.05) is 0 Å². The molecule has 0 amide bonds. The Kier molecular flexibility index (Phi) is 11.5. The fourth-order valence-corrected chi connectivity index (χ4v) is 7.99. The van der Waals surface area contributed by atoms with Crippen molar-refractivity contribution in [2.45, 2.75) is 186 Å². The molecule has 1 heterocycles. The highest BCUT2D eigenvalue weighted by atomic mass is 28.4. The number of ether oxygens (including phenoxy) is 2. The lowest BCUT2D eigenvalue weighted by Gasteiger charge is -2.52. The number of hydrogen-bond acceptors (Lipinski definition) is 6. The van der Waals surface area contributed by atoms with Gasteiger partial charge in [0.15, 0.2) is 31.2 Å². The first kappa shape index (κ1) is 35.6. The van der Waals surface area contributed by atoms with E-state index in [2.05, 4.69) is 102 Å². The van der Waals surface area contributed by atoms with Crippen molar-refractivity contribution in [1.29, 1.82) is 0 Å². The van der Waals surface area contributed by atoms with Crippen LogP contribution in [0.3, 0.4) is 0 Å². The fourth-order valence-electron chi connectivity index (χ4n) is 4.35. The average Bonchev–Trinajstić information content (AvgIpc) is 2.75. The lowest BCUT2D eigenvalue weighted by Crippen LogP contribution is -2.66. The van der Waals surface area contributed by atoms with Crippen LogP contribution in [0.1, 0.15) is 94.4 Å². The molecule has 0 aromatic rings. The first-order valence-corrected chi connectivity index (χ1v) is 24.1. The summed E-state index contributed by atoms with van der Waals surface area (Å²) in [5.74, 6) is 0. The number of hydrogen-bond donors (Lipinski definition) is 1. The van der Waals surface area contributed by atoms with Gasteiger partial charge >= 0.3 is 0 Å². The molecule has 1 N–H and O–H groups in total. The maximum atomic E-state index is 11.9. The Morgan fingerprint density at radius 3 is 1.54 bits per heavy atom. The summed E-state index contributed by atoms with van der Waals surface area (Å²) in [5.41, 5.74) is 0. The first-order valence-electron chi connectivity index (χ1n) is 15.4. The van der Waals surface area contributed by atoms with Crippen LogP contribution in [0.25, 0.3) is 0 Å². The molecule has 0 unspecified atom stereocenters. The molecule has 2 fully saturated rings. The molecule has 2 rings (SSSR count). The summed E-state index contributed by atoms with van der Waals surface area (Å²) in [7, 11) is -6.56. The maximum Gasteiger partial charge on any atom is 0.192 e. The van der Waals surface area contributed by atoms with Crippen LogP contribution >= 0.6 is 0 Å². The Balaban J connectivity index is 2.52. The Labute approximate surface area is 244 Å². The van der Waals surface area contributed by atoms with Gasteiger partial charge in [-0.25, -0.2) is 0 Å². The van der Waals surface area contributed by atoms with Crippen molar-refractivity contribution in [3.8, 4) is 0 Å². The van der Waals surface area contributed by atoms with Gasteiger partial charge in [0.1, 0.15) is 24.4 Å². The summed E-state index contributed by atoms with van der Waals surface area (Å²) >= 11 is 0. The summed E-state index contributed by atoms with van der Waals surface area (Å²) in [6.45, 7) is 34.2. The zero-order valence-electron chi connectivity index (χ0n) is 28.2. The van der Waals surface area contributed by atoms with Crippen molar-refractivity contribution >= 4 is 25.0 Å². The molecular weight excluding hydrogens is 541 g/mol. The van der Waals surface area contributed by atoms with E-state index >= 15 is 0 Å². The van der Waals surface area contributed by atoms with E-state index in [-0.39, 0.29) is 27.3 Å². The van der Waals surface area contributed by atoms with Gasteiger partial charge in [-0.2, -0.15) is 0 Å². The van der Waals surface area contributed by atoms with Crippen LogP contribution in [-0.4, -0.2) is 73.5 Å². The molecule has 1 aliphatic heterocycles. The van der Waals surface area contributed by atoms with Crippen molar-refractivity contribution in [1.82, 2.24) is 0 Å². The van der Waals surface area contributed by atoms with E-state index < -0.39 is 49.6 Å². The molecule has 39 heavy (non-hydrogen) atoms.